The molecule has 0 aliphatic heterocycles. The van der Waals surface area contributed by atoms with Gasteiger partial charge in [-0.2, -0.15) is 0 Å². The number of hydrogen-bond acceptors (Lipinski definition) is 4. The first-order chi connectivity index (χ1) is 11.7. The molecule has 0 heterocycles. The summed E-state index contributed by atoms with van der Waals surface area (Å²) in [5, 5.41) is 9.98. The van der Waals surface area contributed by atoms with E-state index in [1.54, 1.807) is 12.1 Å². The largest absolute Gasteiger partial charge is 0.507 e. The molecule has 0 aliphatic rings. The van der Waals surface area contributed by atoms with Crippen LogP contribution in [0.2, 0.25) is 0 Å². The first-order valence-corrected chi connectivity index (χ1v) is 9.32. The van der Waals surface area contributed by atoms with Crippen LogP contribution in [-0.2, 0) is 4.74 Å². The molecule has 0 aliphatic carbocycles. The van der Waals surface area contributed by atoms with Crippen LogP contribution in [0, 0.1) is 0 Å². The predicted octanol–water partition coefficient (Wildman–Crippen LogP) is 5.48. The molecule has 0 atom stereocenters. The Morgan fingerprint density at radius 2 is 1.54 bits per heavy atom. The number of unbranched alkanes of at least 4 members (excludes halogenated alkanes) is 7. The van der Waals surface area contributed by atoms with Crippen molar-refractivity contribution in [2.75, 3.05) is 13.2 Å². The Balaban J connectivity index is 2.31. The number of ether oxygens (including phenoxy) is 2. The molecule has 1 rings (SSSR count). The van der Waals surface area contributed by atoms with Crippen LogP contribution in [0.3, 0.4) is 0 Å². The van der Waals surface area contributed by atoms with Crippen LogP contribution in [-0.4, -0.2) is 24.3 Å². The van der Waals surface area contributed by atoms with Gasteiger partial charge in [0.25, 0.3) is 0 Å². The molecule has 0 bridgehead atoms. The van der Waals surface area contributed by atoms with Crippen LogP contribution < -0.4 is 4.74 Å². The van der Waals surface area contributed by atoms with Crippen LogP contribution in [0.15, 0.2) is 18.2 Å². The number of aromatic hydroxyl groups is 1. The van der Waals surface area contributed by atoms with E-state index in [1.165, 1.54) is 31.7 Å². The molecule has 136 valence electrons. The number of carbonyl (C=O) groups is 1. The van der Waals surface area contributed by atoms with Crippen molar-refractivity contribution in [2.45, 2.75) is 71.6 Å². The van der Waals surface area contributed by atoms with Gasteiger partial charge in [0.2, 0.25) is 0 Å². The smallest absolute Gasteiger partial charge is 0.341 e. The molecule has 24 heavy (non-hydrogen) atoms. The highest BCUT2D eigenvalue weighted by Crippen LogP contribution is 2.24. The zero-order valence-corrected chi connectivity index (χ0v) is 15.2. The summed E-state index contributed by atoms with van der Waals surface area (Å²) in [6, 6.07) is 4.76. The molecule has 0 saturated heterocycles. The average molecular weight is 336 g/mol. The molecule has 4 heteroatoms. The molecule has 0 amide bonds. The first kappa shape index (κ1) is 20.3. The lowest BCUT2D eigenvalue weighted by molar-refractivity contribution is 0.0495. The second-order valence-corrected chi connectivity index (χ2v) is 6.14. The molecule has 0 saturated carbocycles. The van der Waals surface area contributed by atoms with Gasteiger partial charge in [-0.05, 0) is 25.0 Å². The SMILES string of the molecule is CCCCCCCCOc1ccc(C(=O)OCCCCC)c(O)c1. The molecular weight excluding hydrogens is 304 g/mol. The van der Waals surface area contributed by atoms with Gasteiger partial charge in [-0.3, -0.25) is 0 Å². The minimum Gasteiger partial charge on any atom is -0.507 e. The van der Waals surface area contributed by atoms with Crippen molar-refractivity contribution in [1.82, 2.24) is 0 Å². The Bertz CT molecular complexity index is 471. The molecule has 0 radical (unpaired) electrons. The molecule has 0 fully saturated rings. The maximum absolute atomic E-state index is 11.9. The van der Waals surface area contributed by atoms with Crippen molar-refractivity contribution in [3.05, 3.63) is 23.8 Å². The van der Waals surface area contributed by atoms with Crippen molar-refractivity contribution >= 4 is 5.97 Å². The number of phenolic OH excluding ortho intramolecular Hbond substituents is 1. The normalized spacial score (nSPS) is 10.6. The fourth-order valence-electron chi connectivity index (χ4n) is 2.44. The highest BCUT2D eigenvalue weighted by molar-refractivity contribution is 5.92. The van der Waals surface area contributed by atoms with Gasteiger partial charge in [0.05, 0.1) is 13.2 Å². The molecule has 0 spiro atoms. The summed E-state index contributed by atoms with van der Waals surface area (Å²) < 4.78 is 10.8. The zero-order chi connectivity index (χ0) is 17.6. The second kappa shape index (κ2) is 12.7. The maximum atomic E-state index is 11.9. The standard InChI is InChI=1S/C20H32O4/c1-3-5-7-8-9-11-14-23-17-12-13-18(19(21)16-17)20(22)24-15-10-6-4-2/h12-13,16,21H,3-11,14-15H2,1-2H3. The molecule has 4 nitrogen and oxygen atoms in total. The summed E-state index contributed by atoms with van der Waals surface area (Å²) in [6.45, 7) is 5.33. The van der Waals surface area contributed by atoms with Gasteiger partial charge < -0.3 is 14.6 Å². The topological polar surface area (TPSA) is 55.8 Å². The van der Waals surface area contributed by atoms with Crippen LogP contribution in [0.4, 0.5) is 0 Å². The van der Waals surface area contributed by atoms with Gasteiger partial charge in [-0.15, -0.1) is 0 Å². The van der Waals surface area contributed by atoms with E-state index in [0.717, 1.165) is 32.1 Å². The number of carbonyl (C=O) groups excluding carboxylic acids is 1. The number of benzene rings is 1. The van der Waals surface area contributed by atoms with Crippen molar-refractivity contribution in [2.24, 2.45) is 0 Å². The van der Waals surface area contributed by atoms with Crippen molar-refractivity contribution in [3.63, 3.8) is 0 Å². The van der Waals surface area contributed by atoms with Crippen LogP contribution in [0.5, 0.6) is 11.5 Å². The second-order valence-electron chi connectivity index (χ2n) is 6.14. The maximum Gasteiger partial charge on any atom is 0.341 e. The Morgan fingerprint density at radius 1 is 0.917 bits per heavy atom. The molecule has 1 aromatic rings. The summed E-state index contributed by atoms with van der Waals surface area (Å²) in [5.41, 5.74) is 0.193. The van der Waals surface area contributed by atoms with Crippen molar-refractivity contribution < 1.29 is 19.4 Å². The number of phenols is 1. The van der Waals surface area contributed by atoms with Gasteiger partial charge in [0.15, 0.2) is 0 Å². The van der Waals surface area contributed by atoms with Crippen molar-refractivity contribution in [3.8, 4) is 11.5 Å². The van der Waals surface area contributed by atoms with E-state index in [2.05, 4.69) is 13.8 Å². The molecule has 0 unspecified atom stereocenters. The number of esters is 1. The summed E-state index contributed by atoms with van der Waals surface area (Å²) in [4.78, 5) is 11.9. The number of hydrogen-bond donors (Lipinski definition) is 1. The Hall–Kier alpha value is -1.71. The van der Waals surface area contributed by atoms with E-state index in [0.29, 0.717) is 19.0 Å². The summed E-state index contributed by atoms with van der Waals surface area (Å²) in [6.07, 6.45) is 10.2. The third-order valence-corrected chi connectivity index (χ3v) is 3.94. The summed E-state index contributed by atoms with van der Waals surface area (Å²) in [7, 11) is 0. The molecule has 1 aromatic carbocycles. The monoisotopic (exact) mass is 336 g/mol. The first-order valence-electron chi connectivity index (χ1n) is 9.32. The highest BCUT2D eigenvalue weighted by Gasteiger charge is 2.13. The molecule has 1 N–H and O–H groups in total. The van der Waals surface area contributed by atoms with E-state index >= 15 is 0 Å². The summed E-state index contributed by atoms with van der Waals surface area (Å²) in [5.74, 6) is 0.0191. The van der Waals surface area contributed by atoms with Crippen LogP contribution >= 0.6 is 0 Å². The van der Waals surface area contributed by atoms with Crippen molar-refractivity contribution in [1.29, 1.82) is 0 Å². The zero-order valence-electron chi connectivity index (χ0n) is 15.2. The van der Waals surface area contributed by atoms with E-state index < -0.39 is 5.97 Å². The highest BCUT2D eigenvalue weighted by atomic mass is 16.5. The lowest BCUT2D eigenvalue weighted by atomic mass is 10.1. The lowest BCUT2D eigenvalue weighted by Gasteiger charge is -2.09. The van der Waals surface area contributed by atoms with E-state index in [1.807, 2.05) is 0 Å². The third-order valence-electron chi connectivity index (χ3n) is 3.94. The fourth-order valence-corrected chi connectivity index (χ4v) is 2.44. The van der Waals surface area contributed by atoms with E-state index in [4.69, 9.17) is 9.47 Å². The Labute approximate surface area is 146 Å². The minimum absolute atomic E-state index is 0.0871. The third kappa shape index (κ3) is 8.23. The molecular formula is C20H32O4. The van der Waals surface area contributed by atoms with Gasteiger partial charge >= 0.3 is 5.97 Å². The van der Waals surface area contributed by atoms with E-state index in [9.17, 15) is 9.90 Å². The minimum atomic E-state index is -0.480. The van der Waals surface area contributed by atoms with Crippen LogP contribution in [0.25, 0.3) is 0 Å². The number of rotatable bonds is 13. The molecule has 0 aromatic heterocycles. The van der Waals surface area contributed by atoms with Crippen LogP contribution in [0.1, 0.15) is 82.0 Å². The van der Waals surface area contributed by atoms with Gasteiger partial charge in [0, 0.05) is 6.07 Å². The fraction of sp³-hybridized carbons (Fsp3) is 0.650. The Kier molecular flexibility index (Phi) is 10.7. The lowest BCUT2D eigenvalue weighted by Crippen LogP contribution is -2.07. The van der Waals surface area contributed by atoms with Gasteiger partial charge in [-0.1, -0.05) is 58.8 Å². The quantitative estimate of drug-likeness (QED) is 0.383. The van der Waals surface area contributed by atoms with Gasteiger partial charge in [0.1, 0.15) is 17.1 Å². The Morgan fingerprint density at radius 3 is 2.25 bits per heavy atom. The predicted molar refractivity (Wildman–Crippen MR) is 96.8 cm³/mol. The summed E-state index contributed by atoms with van der Waals surface area (Å²) >= 11 is 0. The average Bonchev–Trinajstić information content (AvgIpc) is 2.58. The van der Waals surface area contributed by atoms with Gasteiger partial charge in [-0.25, -0.2) is 4.79 Å². The van der Waals surface area contributed by atoms with E-state index in [-0.39, 0.29) is 11.3 Å².